The first-order chi connectivity index (χ1) is 6.95. The quantitative estimate of drug-likeness (QED) is 0.844. The molecule has 0 aromatic carbocycles. The van der Waals surface area contributed by atoms with E-state index in [0.717, 1.165) is 18.7 Å². The third kappa shape index (κ3) is 3.54. The summed E-state index contributed by atoms with van der Waals surface area (Å²) < 4.78 is 5.47. The van der Waals surface area contributed by atoms with Crippen LogP contribution in [0.5, 0.6) is 0 Å². The summed E-state index contributed by atoms with van der Waals surface area (Å²) in [4.78, 5) is 0. The molecule has 15 heavy (non-hydrogen) atoms. The molecule has 1 N–H and O–H groups in total. The van der Waals surface area contributed by atoms with Gasteiger partial charge in [-0.1, -0.05) is 27.7 Å². The van der Waals surface area contributed by atoms with Gasteiger partial charge in [0.15, 0.2) is 5.22 Å². The van der Waals surface area contributed by atoms with Crippen molar-refractivity contribution in [2.45, 2.75) is 40.2 Å². The zero-order chi connectivity index (χ0) is 11.5. The molecule has 0 amide bonds. The molecule has 0 aliphatic heterocycles. The second-order valence-corrected chi connectivity index (χ2v) is 5.27. The predicted octanol–water partition coefficient (Wildman–Crippen LogP) is 4.02. The van der Waals surface area contributed by atoms with Crippen LogP contribution in [0.15, 0.2) is 16.5 Å². The minimum Gasteiger partial charge on any atom is -0.448 e. The molecule has 3 heteroatoms. The van der Waals surface area contributed by atoms with E-state index in [1.165, 1.54) is 0 Å². The van der Waals surface area contributed by atoms with Crippen molar-refractivity contribution in [1.82, 2.24) is 5.32 Å². The van der Waals surface area contributed by atoms with Gasteiger partial charge in [-0.05, 0) is 42.1 Å². The highest BCUT2D eigenvalue weighted by atomic mass is 35.5. The molecule has 1 aromatic rings. The van der Waals surface area contributed by atoms with E-state index >= 15 is 0 Å². The molecule has 0 saturated heterocycles. The van der Waals surface area contributed by atoms with E-state index < -0.39 is 0 Å². The van der Waals surface area contributed by atoms with Crippen molar-refractivity contribution in [1.29, 1.82) is 0 Å². The maximum atomic E-state index is 5.79. The topological polar surface area (TPSA) is 25.2 Å². The lowest BCUT2D eigenvalue weighted by atomic mass is 9.85. The van der Waals surface area contributed by atoms with Crippen LogP contribution in [0, 0.1) is 5.41 Å². The molecule has 0 spiro atoms. The summed E-state index contributed by atoms with van der Waals surface area (Å²) in [5, 5.41) is 3.94. The van der Waals surface area contributed by atoms with Gasteiger partial charge in [0.25, 0.3) is 0 Å². The van der Waals surface area contributed by atoms with Gasteiger partial charge < -0.3 is 9.73 Å². The van der Waals surface area contributed by atoms with Gasteiger partial charge in [0, 0.05) is 0 Å². The van der Waals surface area contributed by atoms with Crippen LogP contribution in [0.2, 0.25) is 5.22 Å². The average Bonchev–Trinajstić information content (AvgIpc) is 2.50. The Labute approximate surface area is 97.0 Å². The van der Waals surface area contributed by atoms with E-state index in [1.54, 1.807) is 6.07 Å². The Balaban J connectivity index is 2.81. The number of hydrogen-bond donors (Lipinski definition) is 1. The first-order valence-corrected chi connectivity index (χ1v) is 5.81. The summed E-state index contributed by atoms with van der Waals surface area (Å²) in [5.41, 5.74) is 0.121. The molecule has 0 aliphatic rings. The Bertz CT molecular complexity index is 301. The van der Waals surface area contributed by atoms with Crippen molar-refractivity contribution in [3.63, 3.8) is 0 Å². The van der Waals surface area contributed by atoms with E-state index in [4.69, 9.17) is 16.0 Å². The molecule has 1 aromatic heterocycles. The van der Waals surface area contributed by atoms with Crippen LogP contribution < -0.4 is 5.32 Å². The fourth-order valence-corrected chi connectivity index (χ4v) is 1.76. The molecule has 0 radical (unpaired) electrons. The number of hydrogen-bond acceptors (Lipinski definition) is 2. The Morgan fingerprint density at radius 2 is 2.07 bits per heavy atom. The predicted molar refractivity (Wildman–Crippen MR) is 64.2 cm³/mol. The monoisotopic (exact) mass is 229 g/mol. The van der Waals surface area contributed by atoms with E-state index in [-0.39, 0.29) is 11.5 Å². The van der Waals surface area contributed by atoms with E-state index in [1.807, 2.05) is 6.07 Å². The molecule has 0 saturated carbocycles. The number of nitrogens with one attached hydrogen (secondary N) is 1. The Morgan fingerprint density at radius 3 is 2.47 bits per heavy atom. The van der Waals surface area contributed by atoms with Crippen molar-refractivity contribution in [3.8, 4) is 0 Å². The lowest BCUT2D eigenvalue weighted by Gasteiger charge is -2.29. The zero-order valence-electron chi connectivity index (χ0n) is 9.93. The fourth-order valence-electron chi connectivity index (χ4n) is 1.61. The summed E-state index contributed by atoms with van der Waals surface area (Å²) in [6, 6.07) is 3.95. The van der Waals surface area contributed by atoms with Gasteiger partial charge in [-0.3, -0.25) is 0 Å². The zero-order valence-corrected chi connectivity index (χ0v) is 10.7. The van der Waals surface area contributed by atoms with Gasteiger partial charge in [0.05, 0.1) is 6.04 Å². The summed E-state index contributed by atoms with van der Waals surface area (Å²) in [5.74, 6) is 0.918. The largest absolute Gasteiger partial charge is 0.448 e. The third-order valence-electron chi connectivity index (χ3n) is 2.34. The molecule has 1 unspecified atom stereocenters. The first-order valence-electron chi connectivity index (χ1n) is 5.43. The average molecular weight is 230 g/mol. The molecule has 86 valence electrons. The molecule has 0 aliphatic carbocycles. The van der Waals surface area contributed by atoms with Gasteiger partial charge >= 0.3 is 0 Å². The smallest absolute Gasteiger partial charge is 0.193 e. The van der Waals surface area contributed by atoms with Crippen LogP contribution >= 0.6 is 11.6 Å². The van der Waals surface area contributed by atoms with Crippen LogP contribution in [0.1, 0.15) is 45.9 Å². The summed E-state index contributed by atoms with van der Waals surface area (Å²) >= 11 is 5.79. The van der Waals surface area contributed by atoms with E-state index in [0.29, 0.717) is 5.22 Å². The second-order valence-electron chi connectivity index (χ2n) is 4.90. The third-order valence-corrected chi connectivity index (χ3v) is 2.55. The molecule has 0 fully saturated rings. The minimum atomic E-state index is 0.121. The van der Waals surface area contributed by atoms with E-state index in [2.05, 4.69) is 33.0 Å². The van der Waals surface area contributed by atoms with Crippen molar-refractivity contribution >= 4 is 11.6 Å². The molecular formula is C12H20ClNO. The van der Waals surface area contributed by atoms with Gasteiger partial charge in [0.1, 0.15) is 5.76 Å². The van der Waals surface area contributed by atoms with Crippen LogP contribution in [0.25, 0.3) is 0 Å². The normalized spacial score (nSPS) is 14.2. The van der Waals surface area contributed by atoms with Gasteiger partial charge in [-0.2, -0.15) is 0 Å². The van der Waals surface area contributed by atoms with Crippen molar-refractivity contribution in [2.24, 2.45) is 5.41 Å². The summed E-state index contributed by atoms with van der Waals surface area (Å²) in [7, 11) is 0. The maximum absolute atomic E-state index is 5.79. The molecule has 1 rings (SSSR count). The molecule has 1 heterocycles. The molecule has 0 bridgehead atoms. The van der Waals surface area contributed by atoms with Crippen LogP contribution in [0.4, 0.5) is 0 Å². The van der Waals surface area contributed by atoms with Crippen LogP contribution in [0.3, 0.4) is 0 Å². The highest BCUT2D eigenvalue weighted by Crippen LogP contribution is 2.34. The second kappa shape index (κ2) is 5.04. The van der Waals surface area contributed by atoms with Gasteiger partial charge in [-0.25, -0.2) is 0 Å². The Hall–Kier alpha value is -0.470. The summed E-state index contributed by atoms with van der Waals surface area (Å²) in [6.07, 6.45) is 1.11. The van der Waals surface area contributed by atoms with Crippen LogP contribution in [-0.4, -0.2) is 6.54 Å². The van der Waals surface area contributed by atoms with Crippen molar-refractivity contribution in [2.75, 3.05) is 6.54 Å². The Kier molecular flexibility index (Phi) is 4.23. The fraction of sp³-hybridized carbons (Fsp3) is 0.667. The lowest BCUT2D eigenvalue weighted by Crippen LogP contribution is -2.32. The highest BCUT2D eigenvalue weighted by Gasteiger charge is 2.28. The number of halogens is 1. The minimum absolute atomic E-state index is 0.121. The SMILES string of the molecule is CCCNC(c1ccc(Cl)o1)C(C)(C)C. The molecular weight excluding hydrogens is 210 g/mol. The number of rotatable bonds is 4. The van der Waals surface area contributed by atoms with E-state index in [9.17, 15) is 0 Å². The van der Waals surface area contributed by atoms with Crippen molar-refractivity contribution < 1.29 is 4.42 Å². The van der Waals surface area contributed by atoms with Gasteiger partial charge in [0.2, 0.25) is 0 Å². The number of furan rings is 1. The van der Waals surface area contributed by atoms with Crippen LogP contribution in [-0.2, 0) is 0 Å². The standard InChI is InChI=1S/C12H20ClNO/c1-5-8-14-11(12(2,3)4)9-6-7-10(13)15-9/h6-7,11,14H,5,8H2,1-4H3. The van der Waals surface area contributed by atoms with Crippen molar-refractivity contribution in [3.05, 3.63) is 23.1 Å². The van der Waals surface area contributed by atoms with Gasteiger partial charge in [-0.15, -0.1) is 0 Å². The summed E-state index contributed by atoms with van der Waals surface area (Å²) in [6.45, 7) is 9.71. The lowest BCUT2D eigenvalue weighted by molar-refractivity contribution is 0.238. The Morgan fingerprint density at radius 1 is 1.40 bits per heavy atom. The first kappa shape index (κ1) is 12.6. The maximum Gasteiger partial charge on any atom is 0.193 e. The highest BCUT2D eigenvalue weighted by molar-refractivity contribution is 6.28. The molecule has 2 nitrogen and oxygen atoms in total. The molecule has 1 atom stereocenters.